The van der Waals surface area contributed by atoms with Crippen LogP contribution in [0.25, 0.3) is 21.8 Å². The number of H-pyrrole nitrogens is 1. The molecule has 2 aromatic carbocycles. The molecule has 4 rings (SSSR count). The highest BCUT2D eigenvalue weighted by molar-refractivity contribution is 6.07. The summed E-state index contributed by atoms with van der Waals surface area (Å²) < 4.78 is 0. The van der Waals surface area contributed by atoms with Gasteiger partial charge in [-0.3, -0.25) is 4.79 Å². The van der Waals surface area contributed by atoms with Gasteiger partial charge in [0.15, 0.2) is 0 Å². The van der Waals surface area contributed by atoms with Crippen LogP contribution in [-0.2, 0) is 11.2 Å². The molecule has 0 radical (unpaired) electrons. The molecule has 1 amide bonds. The molecule has 6 nitrogen and oxygen atoms in total. The third kappa shape index (κ3) is 4.15. The molecular formula is C23H29N3O3. The second-order valence-corrected chi connectivity index (χ2v) is 8.21. The van der Waals surface area contributed by atoms with Crippen molar-refractivity contribution in [3.8, 4) is 0 Å². The number of aliphatic hydroxyl groups excluding tert-OH is 2. The van der Waals surface area contributed by atoms with Gasteiger partial charge < -0.3 is 25.0 Å². The van der Waals surface area contributed by atoms with E-state index in [-0.39, 0.29) is 31.0 Å². The number of hydrogen-bond acceptors (Lipinski definition) is 4. The fourth-order valence-corrected chi connectivity index (χ4v) is 4.51. The van der Waals surface area contributed by atoms with Crippen LogP contribution in [0.4, 0.5) is 0 Å². The van der Waals surface area contributed by atoms with Crippen molar-refractivity contribution in [3.05, 3.63) is 48.0 Å². The lowest BCUT2D eigenvalue weighted by Crippen LogP contribution is -2.34. The molecule has 0 bridgehead atoms. The van der Waals surface area contributed by atoms with Crippen molar-refractivity contribution in [2.45, 2.75) is 6.42 Å². The molecule has 3 aromatic rings. The van der Waals surface area contributed by atoms with E-state index < -0.39 is 0 Å². The molecule has 3 N–H and O–H groups in total. The number of aromatic amines is 1. The minimum Gasteiger partial charge on any atom is -0.396 e. The fraction of sp³-hybridized carbons (Fsp3) is 0.435. The number of rotatable bonds is 7. The molecule has 0 aliphatic carbocycles. The Hall–Kier alpha value is -2.41. The van der Waals surface area contributed by atoms with Crippen LogP contribution in [0.2, 0.25) is 0 Å². The minimum absolute atomic E-state index is 0.0860. The van der Waals surface area contributed by atoms with E-state index in [1.807, 2.05) is 36.2 Å². The number of aliphatic hydroxyl groups is 2. The van der Waals surface area contributed by atoms with Crippen LogP contribution >= 0.6 is 0 Å². The summed E-state index contributed by atoms with van der Waals surface area (Å²) in [6.45, 7) is 2.84. The zero-order valence-corrected chi connectivity index (χ0v) is 16.8. The first kappa shape index (κ1) is 19.9. The highest BCUT2D eigenvalue weighted by atomic mass is 16.3. The molecule has 0 unspecified atom stereocenters. The van der Waals surface area contributed by atoms with Gasteiger partial charge in [0.05, 0.1) is 13.0 Å². The number of aromatic nitrogens is 1. The van der Waals surface area contributed by atoms with Gasteiger partial charge in [0.2, 0.25) is 5.91 Å². The molecule has 154 valence electrons. The van der Waals surface area contributed by atoms with Gasteiger partial charge in [-0.15, -0.1) is 0 Å². The number of carbonyl (C=O) groups excluding carboxylic acids is 1. The van der Waals surface area contributed by atoms with Gasteiger partial charge in [-0.2, -0.15) is 0 Å². The van der Waals surface area contributed by atoms with Crippen LogP contribution < -0.4 is 0 Å². The first-order valence-corrected chi connectivity index (χ1v) is 10.3. The number of nitrogens with zero attached hydrogens (tertiary/aromatic N) is 2. The molecular weight excluding hydrogens is 366 g/mol. The van der Waals surface area contributed by atoms with E-state index in [2.05, 4.69) is 28.1 Å². The van der Waals surface area contributed by atoms with Gasteiger partial charge in [0.25, 0.3) is 0 Å². The van der Waals surface area contributed by atoms with Crippen LogP contribution in [0.1, 0.15) is 5.56 Å². The summed E-state index contributed by atoms with van der Waals surface area (Å²) >= 11 is 0. The van der Waals surface area contributed by atoms with Crippen molar-refractivity contribution in [2.24, 2.45) is 11.8 Å². The predicted molar refractivity (Wildman–Crippen MR) is 115 cm³/mol. The SMILES string of the molecule is CN(CCO)C[C@@H]1CN(C(=O)Cc2ccc3[nH]c4ccccc4c3c2)C[C@@H]1CO. The lowest BCUT2D eigenvalue weighted by molar-refractivity contribution is -0.129. The van der Waals surface area contributed by atoms with Crippen LogP contribution in [0.5, 0.6) is 0 Å². The average molecular weight is 396 g/mol. The predicted octanol–water partition coefficient (Wildman–Crippen LogP) is 1.85. The molecule has 1 saturated heterocycles. The summed E-state index contributed by atoms with van der Waals surface area (Å²) in [7, 11) is 1.96. The summed E-state index contributed by atoms with van der Waals surface area (Å²) in [6, 6.07) is 14.4. The Morgan fingerprint density at radius 2 is 1.86 bits per heavy atom. The highest BCUT2D eigenvalue weighted by Gasteiger charge is 2.35. The van der Waals surface area contributed by atoms with Gasteiger partial charge in [-0.25, -0.2) is 0 Å². The van der Waals surface area contributed by atoms with E-state index in [0.717, 1.165) is 28.5 Å². The Morgan fingerprint density at radius 1 is 1.10 bits per heavy atom. The van der Waals surface area contributed by atoms with Crippen molar-refractivity contribution in [2.75, 3.05) is 46.4 Å². The van der Waals surface area contributed by atoms with Crippen molar-refractivity contribution < 1.29 is 15.0 Å². The molecule has 0 spiro atoms. The second kappa shape index (κ2) is 8.53. The molecule has 0 saturated carbocycles. The first-order valence-electron chi connectivity index (χ1n) is 10.3. The normalized spacial score (nSPS) is 19.7. The van der Waals surface area contributed by atoms with Crippen LogP contribution in [0.15, 0.2) is 42.5 Å². The number of likely N-dealkylation sites (tertiary alicyclic amines) is 1. The quantitative estimate of drug-likeness (QED) is 0.571. The second-order valence-electron chi connectivity index (χ2n) is 8.21. The smallest absolute Gasteiger partial charge is 0.227 e. The van der Waals surface area contributed by atoms with Crippen molar-refractivity contribution in [3.63, 3.8) is 0 Å². The van der Waals surface area contributed by atoms with Crippen LogP contribution in [-0.4, -0.2) is 77.3 Å². The van der Waals surface area contributed by atoms with Crippen LogP contribution in [0.3, 0.4) is 0 Å². The molecule has 2 heterocycles. The monoisotopic (exact) mass is 395 g/mol. The Balaban J connectivity index is 1.47. The van der Waals surface area contributed by atoms with E-state index in [1.165, 1.54) is 5.39 Å². The third-order valence-corrected chi connectivity index (χ3v) is 6.12. The topological polar surface area (TPSA) is 79.8 Å². The Labute approximate surface area is 170 Å². The average Bonchev–Trinajstić information content (AvgIpc) is 3.29. The standard InChI is InChI=1S/C23H29N3O3/c1-25(8-9-27)12-17-13-26(14-18(17)15-28)23(29)11-16-6-7-22-20(10-16)19-4-2-3-5-21(19)24-22/h2-7,10,17-18,24,27-28H,8-9,11-15H2,1H3/t17-,18-/m1/s1. The van der Waals surface area contributed by atoms with Gasteiger partial charge >= 0.3 is 0 Å². The molecule has 1 fully saturated rings. The molecule has 1 aromatic heterocycles. The summed E-state index contributed by atoms with van der Waals surface area (Å²) in [6.07, 6.45) is 0.368. The summed E-state index contributed by atoms with van der Waals surface area (Å²) in [4.78, 5) is 20.3. The summed E-state index contributed by atoms with van der Waals surface area (Å²) in [5.74, 6) is 0.433. The van der Waals surface area contributed by atoms with Crippen LogP contribution in [0, 0.1) is 11.8 Å². The van der Waals surface area contributed by atoms with E-state index in [9.17, 15) is 9.90 Å². The molecule has 6 heteroatoms. The largest absolute Gasteiger partial charge is 0.396 e. The number of benzene rings is 2. The molecule has 29 heavy (non-hydrogen) atoms. The maximum atomic E-state index is 13.0. The number of nitrogens with one attached hydrogen (secondary N) is 1. The van der Waals surface area contributed by atoms with Gasteiger partial charge in [-0.1, -0.05) is 24.3 Å². The Bertz CT molecular complexity index is 999. The van der Waals surface area contributed by atoms with Crippen molar-refractivity contribution in [1.82, 2.24) is 14.8 Å². The molecule has 2 atom stereocenters. The number of fused-ring (bicyclic) bond motifs is 3. The maximum Gasteiger partial charge on any atom is 0.227 e. The number of hydrogen-bond donors (Lipinski definition) is 3. The number of carbonyl (C=O) groups is 1. The third-order valence-electron chi connectivity index (χ3n) is 6.12. The molecule has 1 aliphatic rings. The van der Waals surface area contributed by atoms with Gasteiger partial charge in [0.1, 0.15) is 0 Å². The summed E-state index contributed by atoms with van der Waals surface area (Å²) in [5.41, 5.74) is 3.19. The number of amides is 1. The summed E-state index contributed by atoms with van der Waals surface area (Å²) in [5, 5.41) is 21.2. The fourth-order valence-electron chi connectivity index (χ4n) is 4.51. The Morgan fingerprint density at radius 3 is 2.66 bits per heavy atom. The number of likely N-dealkylation sites (N-methyl/N-ethyl adjacent to an activating group) is 1. The zero-order chi connectivity index (χ0) is 20.4. The highest BCUT2D eigenvalue weighted by Crippen LogP contribution is 2.28. The van der Waals surface area contributed by atoms with E-state index in [4.69, 9.17) is 5.11 Å². The van der Waals surface area contributed by atoms with Crippen molar-refractivity contribution in [1.29, 1.82) is 0 Å². The van der Waals surface area contributed by atoms with E-state index >= 15 is 0 Å². The zero-order valence-electron chi connectivity index (χ0n) is 16.8. The maximum absolute atomic E-state index is 13.0. The van der Waals surface area contributed by atoms with Gasteiger partial charge in [-0.05, 0) is 36.7 Å². The lowest BCUT2D eigenvalue weighted by Gasteiger charge is -2.23. The van der Waals surface area contributed by atoms with E-state index in [1.54, 1.807) is 0 Å². The minimum atomic E-state index is 0.0860. The first-order chi connectivity index (χ1) is 14.1. The Kier molecular flexibility index (Phi) is 5.85. The van der Waals surface area contributed by atoms with Crippen molar-refractivity contribution >= 4 is 27.7 Å². The lowest BCUT2D eigenvalue weighted by atomic mass is 9.96. The molecule has 1 aliphatic heterocycles. The number of para-hydroxylation sites is 1. The van der Waals surface area contributed by atoms with E-state index in [0.29, 0.717) is 26.1 Å². The van der Waals surface area contributed by atoms with Gasteiger partial charge in [0, 0.05) is 60.5 Å².